The molecule has 2 N–H and O–H groups in total. The van der Waals surface area contributed by atoms with Crippen molar-refractivity contribution in [3.63, 3.8) is 0 Å². The Hall–Kier alpha value is -0.570. The maximum atomic E-state index is 10.9. The van der Waals surface area contributed by atoms with Crippen molar-refractivity contribution in [1.82, 2.24) is 5.32 Å². The highest BCUT2D eigenvalue weighted by Gasteiger charge is 2.40. The second kappa shape index (κ2) is 4.78. The summed E-state index contributed by atoms with van der Waals surface area (Å²) in [5.41, 5.74) is 0.432. The van der Waals surface area contributed by atoms with E-state index in [0.29, 0.717) is 5.41 Å². The van der Waals surface area contributed by atoms with Crippen LogP contribution in [0.4, 0.5) is 0 Å². The van der Waals surface area contributed by atoms with Crippen molar-refractivity contribution >= 4 is 5.97 Å². The van der Waals surface area contributed by atoms with Crippen LogP contribution in [-0.2, 0) is 4.79 Å². The maximum absolute atomic E-state index is 10.9. The first-order chi connectivity index (χ1) is 6.63. The molecule has 0 aromatic carbocycles. The predicted molar refractivity (Wildman–Crippen MR) is 56.3 cm³/mol. The summed E-state index contributed by atoms with van der Waals surface area (Å²) in [5, 5.41) is 12.1. The molecule has 0 aliphatic heterocycles. The van der Waals surface area contributed by atoms with E-state index in [4.69, 9.17) is 5.11 Å². The average molecular weight is 199 g/mol. The van der Waals surface area contributed by atoms with E-state index in [0.717, 1.165) is 19.4 Å². The van der Waals surface area contributed by atoms with Crippen LogP contribution in [0.25, 0.3) is 0 Å². The zero-order chi connectivity index (χ0) is 10.6. The average Bonchev–Trinajstić information content (AvgIpc) is 2.92. The summed E-state index contributed by atoms with van der Waals surface area (Å²) in [6, 6.07) is -0.343. The van der Waals surface area contributed by atoms with Gasteiger partial charge in [0.15, 0.2) is 0 Å². The number of carboxylic acid groups (broad SMARTS) is 1. The number of carbonyl (C=O) groups is 1. The van der Waals surface area contributed by atoms with Gasteiger partial charge >= 0.3 is 5.97 Å². The summed E-state index contributed by atoms with van der Waals surface area (Å²) in [6.45, 7) is 5.08. The van der Waals surface area contributed by atoms with Crippen LogP contribution in [0.15, 0.2) is 0 Å². The summed E-state index contributed by atoms with van der Waals surface area (Å²) in [5.74, 6) is -0.709. The molecule has 1 fully saturated rings. The lowest BCUT2D eigenvalue weighted by molar-refractivity contribution is -0.139. The summed E-state index contributed by atoms with van der Waals surface area (Å²) >= 11 is 0. The molecule has 0 bridgehead atoms. The Morgan fingerprint density at radius 3 is 2.50 bits per heavy atom. The lowest BCUT2D eigenvalue weighted by Gasteiger charge is -2.18. The molecule has 0 aromatic heterocycles. The molecule has 0 aromatic rings. The highest BCUT2D eigenvalue weighted by atomic mass is 16.4. The minimum absolute atomic E-state index is 0.343. The predicted octanol–water partition coefficient (Wildman–Crippen LogP) is 2.02. The van der Waals surface area contributed by atoms with Crippen LogP contribution >= 0.6 is 0 Å². The first-order valence-electron chi connectivity index (χ1n) is 5.60. The van der Waals surface area contributed by atoms with Crippen molar-refractivity contribution in [2.45, 2.75) is 52.0 Å². The molecular formula is C11H21NO2. The first-order valence-corrected chi connectivity index (χ1v) is 5.60. The summed E-state index contributed by atoms with van der Waals surface area (Å²) in [6.07, 6.45) is 5.33. The second-order valence-corrected chi connectivity index (χ2v) is 4.41. The normalized spacial score (nSPS) is 20.4. The third-order valence-corrected chi connectivity index (χ3v) is 3.31. The molecule has 82 valence electrons. The van der Waals surface area contributed by atoms with E-state index in [1.165, 1.54) is 19.3 Å². The van der Waals surface area contributed by atoms with Gasteiger partial charge in [-0.15, -0.1) is 0 Å². The van der Waals surface area contributed by atoms with Crippen LogP contribution in [-0.4, -0.2) is 23.7 Å². The molecule has 3 heteroatoms. The fraction of sp³-hybridized carbons (Fsp3) is 0.909. The van der Waals surface area contributed by atoms with Crippen molar-refractivity contribution in [2.24, 2.45) is 5.41 Å². The molecule has 1 aliphatic carbocycles. The van der Waals surface area contributed by atoms with E-state index >= 15 is 0 Å². The largest absolute Gasteiger partial charge is 0.480 e. The quantitative estimate of drug-likeness (QED) is 0.659. The van der Waals surface area contributed by atoms with Gasteiger partial charge in [0.1, 0.15) is 6.04 Å². The number of rotatable bonds is 7. The number of nitrogens with one attached hydrogen (secondary N) is 1. The molecule has 0 spiro atoms. The fourth-order valence-corrected chi connectivity index (χ4v) is 1.77. The lowest BCUT2D eigenvalue weighted by Crippen LogP contribution is -2.39. The topological polar surface area (TPSA) is 49.3 Å². The molecule has 0 saturated heterocycles. The molecular weight excluding hydrogens is 178 g/mol. The number of hydrogen-bond donors (Lipinski definition) is 2. The number of hydrogen-bond acceptors (Lipinski definition) is 2. The Morgan fingerprint density at radius 2 is 2.14 bits per heavy atom. The van der Waals surface area contributed by atoms with Gasteiger partial charge in [-0.05, 0) is 31.1 Å². The van der Waals surface area contributed by atoms with Gasteiger partial charge in [0.25, 0.3) is 0 Å². The highest BCUT2D eigenvalue weighted by molar-refractivity contribution is 5.73. The lowest BCUT2D eigenvalue weighted by atomic mass is 10.0. The monoisotopic (exact) mass is 199 g/mol. The molecule has 0 amide bonds. The third kappa shape index (κ3) is 2.98. The van der Waals surface area contributed by atoms with E-state index in [1.807, 2.05) is 6.92 Å². The molecule has 0 radical (unpaired) electrons. The maximum Gasteiger partial charge on any atom is 0.320 e. The van der Waals surface area contributed by atoms with Gasteiger partial charge in [-0.3, -0.25) is 4.79 Å². The van der Waals surface area contributed by atoms with E-state index in [-0.39, 0.29) is 6.04 Å². The smallest absolute Gasteiger partial charge is 0.320 e. The van der Waals surface area contributed by atoms with Gasteiger partial charge < -0.3 is 10.4 Å². The Bertz CT molecular complexity index is 199. The zero-order valence-corrected chi connectivity index (χ0v) is 9.18. The van der Waals surface area contributed by atoms with Crippen molar-refractivity contribution in [1.29, 1.82) is 0 Å². The molecule has 1 aliphatic rings. The Balaban J connectivity index is 2.29. The molecule has 1 unspecified atom stereocenters. The van der Waals surface area contributed by atoms with Gasteiger partial charge in [0.05, 0.1) is 0 Å². The molecule has 0 heterocycles. The second-order valence-electron chi connectivity index (χ2n) is 4.41. The zero-order valence-electron chi connectivity index (χ0n) is 9.18. The summed E-state index contributed by atoms with van der Waals surface area (Å²) in [7, 11) is 0. The highest BCUT2D eigenvalue weighted by Crippen LogP contribution is 2.47. The van der Waals surface area contributed by atoms with Crippen LogP contribution in [0.3, 0.4) is 0 Å². The van der Waals surface area contributed by atoms with Crippen LogP contribution in [0, 0.1) is 5.41 Å². The van der Waals surface area contributed by atoms with E-state index in [9.17, 15) is 4.79 Å². The van der Waals surface area contributed by atoms with Crippen molar-refractivity contribution in [3.8, 4) is 0 Å². The van der Waals surface area contributed by atoms with Gasteiger partial charge in [-0.2, -0.15) is 0 Å². The standard InChI is InChI=1S/C11H21NO2/c1-3-5-9(10(13)14)12-8-11(4-2)6-7-11/h9,12H,3-8H2,1-2H3,(H,13,14). The van der Waals surface area contributed by atoms with Crippen LogP contribution in [0.2, 0.25) is 0 Å². The van der Waals surface area contributed by atoms with Gasteiger partial charge in [-0.25, -0.2) is 0 Å². The first kappa shape index (κ1) is 11.5. The van der Waals surface area contributed by atoms with Crippen LogP contribution < -0.4 is 5.32 Å². The third-order valence-electron chi connectivity index (χ3n) is 3.31. The minimum atomic E-state index is -0.709. The van der Waals surface area contributed by atoms with Crippen molar-refractivity contribution in [2.75, 3.05) is 6.54 Å². The Kier molecular flexibility index (Phi) is 3.93. The Morgan fingerprint density at radius 1 is 1.50 bits per heavy atom. The van der Waals surface area contributed by atoms with Gasteiger partial charge in [-0.1, -0.05) is 20.3 Å². The molecule has 1 atom stereocenters. The number of aliphatic carboxylic acids is 1. The molecule has 3 nitrogen and oxygen atoms in total. The van der Waals surface area contributed by atoms with E-state index in [2.05, 4.69) is 12.2 Å². The van der Waals surface area contributed by atoms with Gasteiger partial charge in [0.2, 0.25) is 0 Å². The van der Waals surface area contributed by atoms with Crippen molar-refractivity contribution < 1.29 is 9.90 Å². The van der Waals surface area contributed by atoms with Crippen molar-refractivity contribution in [3.05, 3.63) is 0 Å². The Labute approximate surface area is 85.9 Å². The van der Waals surface area contributed by atoms with E-state index < -0.39 is 5.97 Å². The van der Waals surface area contributed by atoms with Gasteiger partial charge in [0, 0.05) is 6.54 Å². The summed E-state index contributed by atoms with van der Waals surface area (Å²) in [4.78, 5) is 10.9. The van der Waals surface area contributed by atoms with E-state index in [1.54, 1.807) is 0 Å². The molecule has 14 heavy (non-hydrogen) atoms. The SMILES string of the molecule is CCCC(NCC1(CC)CC1)C(=O)O. The fourth-order valence-electron chi connectivity index (χ4n) is 1.77. The minimum Gasteiger partial charge on any atom is -0.480 e. The molecule has 1 saturated carbocycles. The molecule has 1 rings (SSSR count). The number of carboxylic acids is 1. The van der Waals surface area contributed by atoms with Crippen LogP contribution in [0.1, 0.15) is 46.0 Å². The van der Waals surface area contributed by atoms with Crippen LogP contribution in [0.5, 0.6) is 0 Å². The summed E-state index contributed by atoms with van der Waals surface area (Å²) < 4.78 is 0.